The number of likely N-dealkylation sites (tertiary alicyclic amines) is 1. The molecule has 1 aromatic heterocycles. The standard InChI is InChI=1S/C25H34N4O/c30-23(11-7-10-20-8-3-1-4-9-20)28-17-22(25(18-28)14-5-2-6-15-25)24-27-26-19-29(24)16-21-12-13-21/h1,3-4,8-9,19,21-22H,2,5-7,10-18H2. The number of rotatable bonds is 7. The molecule has 1 saturated heterocycles. The summed E-state index contributed by atoms with van der Waals surface area (Å²) in [6.45, 7) is 2.80. The highest BCUT2D eigenvalue weighted by molar-refractivity contribution is 5.76. The van der Waals surface area contributed by atoms with E-state index in [-0.39, 0.29) is 5.41 Å². The molecule has 2 aromatic rings. The van der Waals surface area contributed by atoms with Crippen LogP contribution in [0.1, 0.15) is 75.1 Å². The molecular weight excluding hydrogens is 372 g/mol. The average Bonchev–Trinajstić information content (AvgIpc) is 3.36. The SMILES string of the molecule is O=C(CCCc1ccccc1)N1CC(c2nncn2CC2CC2)C2(CCCCC2)C1. The number of benzene rings is 1. The van der Waals surface area contributed by atoms with E-state index in [4.69, 9.17) is 0 Å². The molecular formula is C25H34N4O. The molecule has 5 heteroatoms. The molecule has 2 heterocycles. The zero-order valence-electron chi connectivity index (χ0n) is 18.0. The van der Waals surface area contributed by atoms with Gasteiger partial charge in [0, 0.05) is 32.0 Å². The van der Waals surface area contributed by atoms with E-state index in [2.05, 4.69) is 43.9 Å². The first-order valence-electron chi connectivity index (χ1n) is 11.9. The number of carbonyl (C=O) groups excluding carboxylic acids is 1. The molecule has 1 unspecified atom stereocenters. The van der Waals surface area contributed by atoms with Crippen LogP contribution in [0.4, 0.5) is 0 Å². The van der Waals surface area contributed by atoms with Crippen LogP contribution in [-0.2, 0) is 17.8 Å². The molecule has 1 aromatic carbocycles. The van der Waals surface area contributed by atoms with E-state index in [1.165, 1.54) is 50.5 Å². The maximum Gasteiger partial charge on any atom is 0.222 e. The molecule has 0 bridgehead atoms. The molecule has 3 fully saturated rings. The van der Waals surface area contributed by atoms with Crippen LogP contribution in [0.15, 0.2) is 36.7 Å². The normalized spacial score (nSPS) is 23.2. The third kappa shape index (κ3) is 4.17. The number of nitrogens with zero attached hydrogens (tertiary/aromatic N) is 4. The molecule has 0 radical (unpaired) electrons. The summed E-state index contributed by atoms with van der Waals surface area (Å²) in [4.78, 5) is 15.3. The third-order valence-electron chi connectivity index (χ3n) is 7.66. The van der Waals surface area contributed by atoms with Crippen molar-refractivity contribution in [1.82, 2.24) is 19.7 Å². The number of aryl methyl sites for hydroxylation is 1. The second kappa shape index (κ2) is 8.52. The smallest absolute Gasteiger partial charge is 0.222 e. The predicted octanol–water partition coefficient (Wildman–Crippen LogP) is 4.59. The minimum absolute atomic E-state index is 0.210. The van der Waals surface area contributed by atoms with E-state index in [1.54, 1.807) is 0 Å². The van der Waals surface area contributed by atoms with Crippen molar-refractivity contribution in [2.45, 2.75) is 76.7 Å². The minimum Gasteiger partial charge on any atom is -0.341 e. The first kappa shape index (κ1) is 19.8. The molecule has 2 saturated carbocycles. The topological polar surface area (TPSA) is 51.0 Å². The van der Waals surface area contributed by atoms with Gasteiger partial charge in [-0.05, 0) is 55.4 Å². The Hall–Kier alpha value is -2.17. The van der Waals surface area contributed by atoms with Crippen molar-refractivity contribution in [3.8, 4) is 0 Å². The Morgan fingerprint density at radius 2 is 1.90 bits per heavy atom. The van der Waals surface area contributed by atoms with Gasteiger partial charge in [-0.2, -0.15) is 0 Å². The number of hydrogen-bond donors (Lipinski definition) is 0. The zero-order chi connectivity index (χ0) is 20.4. The van der Waals surface area contributed by atoms with Crippen LogP contribution in [-0.4, -0.2) is 38.7 Å². The second-order valence-corrected chi connectivity index (χ2v) is 9.87. The molecule has 2 aliphatic carbocycles. The van der Waals surface area contributed by atoms with E-state index in [0.29, 0.717) is 18.2 Å². The van der Waals surface area contributed by atoms with Crippen LogP contribution in [0, 0.1) is 11.3 Å². The molecule has 1 spiro atoms. The second-order valence-electron chi connectivity index (χ2n) is 9.87. The number of carbonyl (C=O) groups is 1. The van der Waals surface area contributed by atoms with E-state index in [0.717, 1.165) is 44.2 Å². The lowest BCUT2D eigenvalue weighted by Crippen LogP contribution is -2.34. The highest BCUT2D eigenvalue weighted by Gasteiger charge is 2.50. The summed E-state index contributed by atoms with van der Waals surface area (Å²) >= 11 is 0. The van der Waals surface area contributed by atoms with Crippen LogP contribution in [0.5, 0.6) is 0 Å². The number of amides is 1. The van der Waals surface area contributed by atoms with Crippen molar-refractivity contribution < 1.29 is 4.79 Å². The summed E-state index contributed by atoms with van der Waals surface area (Å²) < 4.78 is 2.31. The average molecular weight is 407 g/mol. The molecule has 160 valence electrons. The van der Waals surface area contributed by atoms with Crippen LogP contribution in [0.2, 0.25) is 0 Å². The zero-order valence-corrected chi connectivity index (χ0v) is 18.0. The predicted molar refractivity (Wildman–Crippen MR) is 117 cm³/mol. The van der Waals surface area contributed by atoms with Gasteiger partial charge in [-0.1, -0.05) is 49.6 Å². The quantitative estimate of drug-likeness (QED) is 0.676. The fraction of sp³-hybridized carbons (Fsp3) is 0.640. The maximum atomic E-state index is 13.1. The van der Waals surface area contributed by atoms with E-state index < -0.39 is 0 Å². The van der Waals surface area contributed by atoms with Crippen molar-refractivity contribution in [3.63, 3.8) is 0 Å². The number of hydrogen-bond acceptors (Lipinski definition) is 3. The van der Waals surface area contributed by atoms with Crippen LogP contribution < -0.4 is 0 Å². The van der Waals surface area contributed by atoms with Crippen molar-refractivity contribution >= 4 is 5.91 Å². The van der Waals surface area contributed by atoms with Crippen molar-refractivity contribution in [3.05, 3.63) is 48.0 Å². The Morgan fingerprint density at radius 3 is 2.67 bits per heavy atom. The van der Waals surface area contributed by atoms with Gasteiger partial charge in [-0.25, -0.2) is 0 Å². The van der Waals surface area contributed by atoms with Gasteiger partial charge in [0.2, 0.25) is 5.91 Å². The first-order valence-corrected chi connectivity index (χ1v) is 11.9. The fourth-order valence-electron chi connectivity index (χ4n) is 5.78. The molecule has 1 atom stereocenters. The van der Waals surface area contributed by atoms with Crippen LogP contribution >= 0.6 is 0 Å². The Morgan fingerprint density at radius 1 is 1.10 bits per heavy atom. The molecule has 1 aliphatic heterocycles. The summed E-state index contributed by atoms with van der Waals surface area (Å²) in [5, 5.41) is 8.89. The third-order valence-corrected chi connectivity index (χ3v) is 7.66. The van der Waals surface area contributed by atoms with Gasteiger partial charge in [0.1, 0.15) is 12.2 Å². The highest BCUT2D eigenvalue weighted by Crippen LogP contribution is 2.52. The molecule has 5 nitrogen and oxygen atoms in total. The van der Waals surface area contributed by atoms with E-state index in [1.807, 2.05) is 12.4 Å². The van der Waals surface area contributed by atoms with Crippen molar-refractivity contribution in [2.75, 3.05) is 13.1 Å². The molecule has 3 aliphatic rings. The van der Waals surface area contributed by atoms with Gasteiger partial charge >= 0.3 is 0 Å². The molecule has 0 N–H and O–H groups in total. The van der Waals surface area contributed by atoms with Gasteiger partial charge in [-0.3, -0.25) is 4.79 Å². The molecule has 1 amide bonds. The lowest BCUT2D eigenvalue weighted by Gasteiger charge is -2.37. The van der Waals surface area contributed by atoms with E-state index in [9.17, 15) is 4.79 Å². The van der Waals surface area contributed by atoms with Gasteiger partial charge in [0.25, 0.3) is 0 Å². The van der Waals surface area contributed by atoms with Gasteiger partial charge < -0.3 is 9.47 Å². The summed E-state index contributed by atoms with van der Waals surface area (Å²) in [6.07, 6.45) is 13.5. The van der Waals surface area contributed by atoms with Crippen molar-refractivity contribution in [1.29, 1.82) is 0 Å². The lowest BCUT2D eigenvalue weighted by molar-refractivity contribution is -0.130. The summed E-state index contributed by atoms with van der Waals surface area (Å²) in [5.41, 5.74) is 1.53. The molecule has 30 heavy (non-hydrogen) atoms. The lowest BCUT2D eigenvalue weighted by atomic mass is 9.67. The molecule has 5 rings (SSSR count). The summed E-state index contributed by atoms with van der Waals surface area (Å²) in [6, 6.07) is 10.5. The van der Waals surface area contributed by atoms with Gasteiger partial charge in [-0.15, -0.1) is 10.2 Å². The largest absolute Gasteiger partial charge is 0.341 e. The monoisotopic (exact) mass is 406 g/mol. The first-order chi connectivity index (χ1) is 14.7. The number of aromatic nitrogens is 3. The highest BCUT2D eigenvalue weighted by atomic mass is 16.2. The fourth-order valence-corrected chi connectivity index (χ4v) is 5.78. The Labute approximate surface area is 179 Å². The summed E-state index contributed by atoms with van der Waals surface area (Å²) in [7, 11) is 0. The summed E-state index contributed by atoms with van der Waals surface area (Å²) in [5.74, 6) is 2.62. The van der Waals surface area contributed by atoms with Gasteiger partial charge in [0.15, 0.2) is 0 Å². The van der Waals surface area contributed by atoms with Crippen LogP contribution in [0.25, 0.3) is 0 Å². The maximum absolute atomic E-state index is 13.1. The van der Waals surface area contributed by atoms with Crippen LogP contribution in [0.3, 0.4) is 0 Å². The Balaban J connectivity index is 1.28. The Bertz CT molecular complexity index is 851. The van der Waals surface area contributed by atoms with E-state index >= 15 is 0 Å². The minimum atomic E-state index is 0.210. The van der Waals surface area contributed by atoms with Gasteiger partial charge in [0.05, 0.1) is 0 Å². The van der Waals surface area contributed by atoms with Crippen molar-refractivity contribution in [2.24, 2.45) is 11.3 Å². The Kier molecular flexibility index (Phi) is 5.62.